The van der Waals surface area contributed by atoms with Crippen molar-refractivity contribution in [2.45, 2.75) is 51.1 Å². The van der Waals surface area contributed by atoms with Gasteiger partial charge in [-0.05, 0) is 86.0 Å². The second kappa shape index (κ2) is 15.2. The van der Waals surface area contributed by atoms with E-state index in [1.165, 1.54) is 17.0 Å². The molecule has 0 aliphatic heterocycles. The summed E-state index contributed by atoms with van der Waals surface area (Å²) >= 11 is 9.40. The molecule has 0 bridgehead atoms. The number of benzene rings is 3. The lowest BCUT2D eigenvalue weighted by atomic mass is 10.1. The third kappa shape index (κ3) is 8.70. The number of nitrogens with one attached hydrogen (secondary N) is 1. The molecule has 0 heterocycles. The summed E-state index contributed by atoms with van der Waals surface area (Å²) in [5.41, 5.74) is 1.05. The fourth-order valence-corrected chi connectivity index (χ4v) is 6.01. The second-order valence-corrected chi connectivity index (χ2v) is 12.5. The van der Waals surface area contributed by atoms with E-state index in [4.69, 9.17) is 16.3 Å². The van der Waals surface area contributed by atoms with Crippen LogP contribution in [0.1, 0.15) is 39.2 Å². The molecule has 0 radical (unpaired) electrons. The molecule has 0 aliphatic rings. The molecule has 3 rings (SSSR count). The molecule has 3 aromatic carbocycles. The minimum Gasteiger partial charge on any atom is -0.494 e. The largest absolute Gasteiger partial charge is 0.494 e. The van der Waals surface area contributed by atoms with Crippen molar-refractivity contribution in [3.05, 3.63) is 87.9 Å². The molecule has 0 unspecified atom stereocenters. The van der Waals surface area contributed by atoms with Crippen LogP contribution in [-0.2, 0) is 26.2 Å². The van der Waals surface area contributed by atoms with Gasteiger partial charge in [0, 0.05) is 22.6 Å². The highest BCUT2D eigenvalue weighted by molar-refractivity contribution is 9.10. The van der Waals surface area contributed by atoms with Gasteiger partial charge in [0.1, 0.15) is 18.3 Å². The first-order valence-electron chi connectivity index (χ1n) is 13.4. The molecule has 8 nitrogen and oxygen atoms in total. The summed E-state index contributed by atoms with van der Waals surface area (Å²) in [5, 5.41) is 3.42. The quantitative estimate of drug-likeness (QED) is 0.227. The Morgan fingerprint density at radius 3 is 2.15 bits per heavy atom. The topological polar surface area (TPSA) is 96.0 Å². The first-order chi connectivity index (χ1) is 19.6. The Labute approximate surface area is 255 Å². The van der Waals surface area contributed by atoms with Gasteiger partial charge in [0.15, 0.2) is 0 Å². The van der Waals surface area contributed by atoms with E-state index in [-0.39, 0.29) is 17.3 Å². The summed E-state index contributed by atoms with van der Waals surface area (Å²) in [7, 11) is -4.16. The molecule has 0 saturated carbocycles. The summed E-state index contributed by atoms with van der Waals surface area (Å²) in [5.74, 6) is -0.236. The first-order valence-corrected chi connectivity index (χ1v) is 16.0. The van der Waals surface area contributed by atoms with Crippen molar-refractivity contribution in [1.29, 1.82) is 0 Å². The van der Waals surface area contributed by atoms with E-state index in [1.54, 1.807) is 60.7 Å². The Balaban J connectivity index is 2.04. The first kappa shape index (κ1) is 32.4. The van der Waals surface area contributed by atoms with Crippen LogP contribution in [0, 0.1) is 0 Å². The molecular formula is C30H35BrClN3O5S. The van der Waals surface area contributed by atoms with Crippen molar-refractivity contribution in [2.24, 2.45) is 0 Å². The van der Waals surface area contributed by atoms with Crippen LogP contribution in [0.15, 0.2) is 82.2 Å². The Kier molecular flexibility index (Phi) is 12.1. The van der Waals surface area contributed by atoms with Gasteiger partial charge in [-0.2, -0.15) is 0 Å². The molecule has 2 amide bonds. The molecule has 0 spiro atoms. The number of carbonyl (C=O) groups is 2. The summed E-state index contributed by atoms with van der Waals surface area (Å²) in [4.78, 5) is 28.7. The molecule has 1 atom stereocenters. The molecule has 0 aromatic heterocycles. The monoisotopic (exact) mass is 663 g/mol. The van der Waals surface area contributed by atoms with Crippen LogP contribution in [-0.4, -0.2) is 50.9 Å². The molecule has 220 valence electrons. The maximum Gasteiger partial charge on any atom is 0.264 e. The van der Waals surface area contributed by atoms with Crippen molar-refractivity contribution >= 4 is 55.1 Å². The Morgan fingerprint density at radius 2 is 1.59 bits per heavy atom. The Hall–Kier alpha value is -3.08. The number of hydrogen-bond donors (Lipinski definition) is 1. The zero-order valence-electron chi connectivity index (χ0n) is 23.3. The normalized spacial score (nSPS) is 11.9. The number of sulfonamides is 1. The maximum atomic E-state index is 14.1. The van der Waals surface area contributed by atoms with Crippen LogP contribution < -0.4 is 14.4 Å². The van der Waals surface area contributed by atoms with E-state index in [2.05, 4.69) is 21.2 Å². The van der Waals surface area contributed by atoms with E-state index in [0.717, 1.165) is 20.8 Å². The van der Waals surface area contributed by atoms with Gasteiger partial charge < -0.3 is 15.0 Å². The lowest BCUT2D eigenvalue weighted by Gasteiger charge is -2.33. The average Bonchev–Trinajstić information content (AvgIpc) is 2.96. The van der Waals surface area contributed by atoms with Gasteiger partial charge in [0.2, 0.25) is 11.8 Å². The fraction of sp³-hybridized carbons (Fsp3) is 0.333. The smallest absolute Gasteiger partial charge is 0.264 e. The van der Waals surface area contributed by atoms with E-state index in [1.807, 2.05) is 20.8 Å². The molecule has 0 aliphatic carbocycles. The van der Waals surface area contributed by atoms with Crippen LogP contribution in [0.4, 0.5) is 5.69 Å². The van der Waals surface area contributed by atoms with Gasteiger partial charge in [0.05, 0.1) is 17.2 Å². The lowest BCUT2D eigenvalue weighted by Crippen LogP contribution is -2.52. The number of anilines is 1. The Morgan fingerprint density at radius 1 is 0.951 bits per heavy atom. The molecule has 41 heavy (non-hydrogen) atoms. The lowest BCUT2D eigenvalue weighted by molar-refractivity contribution is -0.140. The third-order valence-electron chi connectivity index (χ3n) is 6.32. The number of nitrogens with zero attached hydrogens (tertiary/aromatic N) is 2. The minimum absolute atomic E-state index is 0.0272. The van der Waals surface area contributed by atoms with Crippen molar-refractivity contribution in [2.75, 3.05) is 24.0 Å². The van der Waals surface area contributed by atoms with Crippen molar-refractivity contribution < 1.29 is 22.7 Å². The van der Waals surface area contributed by atoms with Crippen molar-refractivity contribution in [3.63, 3.8) is 0 Å². The van der Waals surface area contributed by atoms with E-state index in [0.29, 0.717) is 36.0 Å². The molecular weight excluding hydrogens is 630 g/mol. The standard InChI is InChI=1S/C30H35BrClN3O5S/c1-4-19-33-30(37)28(5-2)34(20-22-7-11-24(32)12-8-22)29(36)21-35(25-13-15-26(16-14-25)40-6-3)41(38,39)27-17-9-23(31)10-18-27/h7-18,28H,4-6,19-21H2,1-3H3,(H,33,37)/t28-/m0/s1. The highest BCUT2D eigenvalue weighted by Gasteiger charge is 2.33. The molecule has 0 saturated heterocycles. The number of halogens is 2. The van der Waals surface area contributed by atoms with Crippen LogP contribution in [0.3, 0.4) is 0 Å². The number of rotatable bonds is 14. The highest BCUT2D eigenvalue weighted by atomic mass is 79.9. The fourth-order valence-electron chi connectivity index (χ4n) is 4.21. The summed E-state index contributed by atoms with van der Waals surface area (Å²) in [6.45, 7) is 6.13. The summed E-state index contributed by atoms with van der Waals surface area (Å²) in [6.07, 6.45) is 1.08. The number of ether oxygens (including phenoxy) is 1. The van der Waals surface area contributed by atoms with Crippen molar-refractivity contribution in [1.82, 2.24) is 10.2 Å². The van der Waals surface area contributed by atoms with Gasteiger partial charge >= 0.3 is 0 Å². The SMILES string of the molecule is CCCNC(=O)[C@H](CC)N(Cc1ccc(Cl)cc1)C(=O)CN(c1ccc(OCC)cc1)S(=O)(=O)c1ccc(Br)cc1. The molecule has 0 fully saturated rings. The summed E-state index contributed by atoms with van der Waals surface area (Å²) < 4.78 is 35.2. The summed E-state index contributed by atoms with van der Waals surface area (Å²) in [6, 6.07) is 18.9. The van der Waals surface area contributed by atoms with Gasteiger partial charge in [-0.15, -0.1) is 0 Å². The average molecular weight is 665 g/mol. The van der Waals surface area contributed by atoms with Gasteiger partial charge in [-0.1, -0.05) is 53.5 Å². The van der Waals surface area contributed by atoms with E-state index >= 15 is 0 Å². The van der Waals surface area contributed by atoms with E-state index in [9.17, 15) is 18.0 Å². The zero-order chi connectivity index (χ0) is 30.0. The molecule has 1 N–H and O–H groups in total. The highest BCUT2D eigenvalue weighted by Crippen LogP contribution is 2.27. The van der Waals surface area contributed by atoms with E-state index < -0.39 is 28.5 Å². The van der Waals surface area contributed by atoms with Gasteiger partial charge in [0.25, 0.3) is 10.0 Å². The predicted octanol–water partition coefficient (Wildman–Crippen LogP) is 6.03. The van der Waals surface area contributed by atoms with Crippen LogP contribution in [0.25, 0.3) is 0 Å². The van der Waals surface area contributed by atoms with Crippen LogP contribution >= 0.6 is 27.5 Å². The third-order valence-corrected chi connectivity index (χ3v) is 8.89. The van der Waals surface area contributed by atoms with Crippen LogP contribution in [0.5, 0.6) is 5.75 Å². The number of hydrogen-bond acceptors (Lipinski definition) is 5. The predicted molar refractivity (Wildman–Crippen MR) is 166 cm³/mol. The second-order valence-electron chi connectivity index (χ2n) is 9.26. The molecule has 11 heteroatoms. The number of carbonyl (C=O) groups excluding carboxylic acids is 2. The van der Waals surface area contributed by atoms with Crippen LogP contribution in [0.2, 0.25) is 5.02 Å². The zero-order valence-corrected chi connectivity index (χ0v) is 26.5. The maximum absolute atomic E-state index is 14.1. The van der Waals surface area contributed by atoms with Gasteiger partial charge in [-0.3, -0.25) is 13.9 Å². The minimum atomic E-state index is -4.16. The molecule has 3 aromatic rings. The Bertz CT molecular complexity index is 1400. The number of amides is 2. The van der Waals surface area contributed by atoms with Gasteiger partial charge in [-0.25, -0.2) is 8.42 Å². The van der Waals surface area contributed by atoms with Crippen molar-refractivity contribution in [3.8, 4) is 5.75 Å².